The molecular weight excluding hydrogens is 168 g/mol. The van der Waals surface area contributed by atoms with Gasteiger partial charge in [-0.15, -0.1) is 0 Å². The fourth-order valence-electron chi connectivity index (χ4n) is 1.15. The van der Waals surface area contributed by atoms with Crippen LogP contribution in [0.25, 0.3) is 0 Å². The van der Waals surface area contributed by atoms with Crippen LogP contribution < -0.4 is 0 Å². The van der Waals surface area contributed by atoms with Crippen molar-refractivity contribution >= 4 is 12.6 Å². The van der Waals surface area contributed by atoms with E-state index < -0.39 is 0 Å². The fraction of sp³-hybridized carbons (Fsp3) is 0.400. The molecule has 1 unspecified atom stereocenters. The lowest BCUT2D eigenvalue weighted by Crippen LogP contribution is -2.00. The summed E-state index contributed by atoms with van der Waals surface area (Å²) in [5.41, 5.74) is 1.18. The number of phenols is 1. The third-order valence-corrected chi connectivity index (χ3v) is 2.43. The number of phenolic OH excluding ortho intramolecular Hbond substituents is 1. The van der Waals surface area contributed by atoms with Gasteiger partial charge in [0, 0.05) is 0 Å². The number of hydrogen-bond acceptors (Lipinski definition) is 2. The summed E-state index contributed by atoms with van der Waals surface area (Å²) in [7, 11) is 0. The Hall–Kier alpha value is -0.630. The second-order valence-corrected chi connectivity index (χ2v) is 3.53. The Morgan fingerprint density at radius 1 is 1.50 bits per heavy atom. The molecule has 0 saturated heterocycles. The van der Waals surface area contributed by atoms with Gasteiger partial charge in [-0.05, 0) is 35.8 Å². The highest BCUT2D eigenvalue weighted by Gasteiger charge is 2.01. The predicted molar refractivity (Wildman–Crippen MR) is 54.8 cm³/mol. The first-order valence-corrected chi connectivity index (χ1v) is 4.74. The summed E-state index contributed by atoms with van der Waals surface area (Å²) < 4.78 is 0. The molecule has 1 aromatic carbocycles. The highest BCUT2D eigenvalue weighted by atomic mass is 32.1. The molecule has 0 saturated carbocycles. The molecule has 0 heterocycles. The molecule has 1 N–H and O–H groups in total. The second kappa shape index (κ2) is 4.41. The lowest BCUT2D eigenvalue weighted by molar-refractivity contribution is 0.474. The molecule has 1 atom stereocenters. The summed E-state index contributed by atoms with van der Waals surface area (Å²) in [6, 6.07) is 7.39. The monoisotopic (exact) mass is 182 g/mol. The maximum atomic E-state index is 9.18. The van der Waals surface area contributed by atoms with E-state index in [9.17, 15) is 5.11 Å². The molecule has 0 aliphatic carbocycles. The van der Waals surface area contributed by atoms with E-state index >= 15 is 0 Å². The van der Waals surface area contributed by atoms with Crippen molar-refractivity contribution in [1.29, 1.82) is 0 Å². The molecule has 0 radical (unpaired) electrons. The molecule has 0 amide bonds. The smallest absolute Gasteiger partial charge is 0.115 e. The van der Waals surface area contributed by atoms with Crippen LogP contribution >= 0.6 is 12.6 Å². The molecule has 0 fully saturated rings. The van der Waals surface area contributed by atoms with E-state index in [1.54, 1.807) is 12.1 Å². The van der Waals surface area contributed by atoms with Crippen LogP contribution in [0.2, 0.25) is 0 Å². The van der Waals surface area contributed by atoms with Crippen molar-refractivity contribution in [2.75, 3.05) is 5.75 Å². The minimum Gasteiger partial charge on any atom is -0.508 e. The van der Waals surface area contributed by atoms with E-state index in [2.05, 4.69) is 19.6 Å². The van der Waals surface area contributed by atoms with Gasteiger partial charge >= 0.3 is 0 Å². The van der Waals surface area contributed by atoms with Crippen LogP contribution in [0, 0.1) is 5.92 Å². The van der Waals surface area contributed by atoms with Gasteiger partial charge < -0.3 is 5.11 Å². The van der Waals surface area contributed by atoms with Crippen molar-refractivity contribution < 1.29 is 5.11 Å². The first-order chi connectivity index (χ1) is 5.72. The van der Waals surface area contributed by atoms with Crippen LogP contribution in [-0.4, -0.2) is 10.9 Å². The average molecular weight is 182 g/mol. The van der Waals surface area contributed by atoms with Crippen LogP contribution in [-0.2, 0) is 6.42 Å². The third kappa shape index (κ3) is 2.78. The van der Waals surface area contributed by atoms with Crippen molar-refractivity contribution in [1.82, 2.24) is 0 Å². The summed E-state index contributed by atoms with van der Waals surface area (Å²) in [5.74, 6) is 1.80. The number of thiol groups is 1. The Bertz CT molecular complexity index is 247. The Balaban J connectivity index is 2.63. The van der Waals surface area contributed by atoms with Gasteiger partial charge in [0.25, 0.3) is 0 Å². The topological polar surface area (TPSA) is 20.2 Å². The van der Waals surface area contributed by atoms with Crippen molar-refractivity contribution in [3.63, 3.8) is 0 Å². The van der Waals surface area contributed by atoms with Gasteiger partial charge in [-0.1, -0.05) is 19.1 Å². The molecule has 0 aromatic heterocycles. The van der Waals surface area contributed by atoms with E-state index in [1.165, 1.54) is 5.56 Å². The summed E-state index contributed by atoms with van der Waals surface area (Å²) in [6.07, 6.45) is 0.984. The molecule has 2 heteroatoms. The number of benzene rings is 1. The average Bonchev–Trinajstić information content (AvgIpc) is 2.04. The summed E-state index contributed by atoms with van der Waals surface area (Å²) in [6.45, 7) is 2.15. The Kier molecular flexibility index (Phi) is 3.48. The molecule has 1 aromatic rings. The van der Waals surface area contributed by atoms with E-state index in [-0.39, 0.29) is 0 Å². The van der Waals surface area contributed by atoms with Crippen LogP contribution in [0.4, 0.5) is 0 Å². The Morgan fingerprint density at radius 2 is 2.25 bits per heavy atom. The molecule has 0 bridgehead atoms. The SMILES string of the molecule is CC(CS)Cc1cccc(O)c1. The minimum atomic E-state index is 0.346. The predicted octanol–water partition coefficient (Wildman–Crippen LogP) is 2.50. The first-order valence-electron chi connectivity index (χ1n) is 4.11. The standard InChI is InChI=1S/C10H14OS/c1-8(7-12)5-9-3-2-4-10(11)6-9/h2-4,6,8,11-12H,5,7H2,1H3. The van der Waals surface area contributed by atoms with Crippen LogP contribution in [0.5, 0.6) is 5.75 Å². The van der Waals surface area contributed by atoms with Crippen LogP contribution in [0.1, 0.15) is 12.5 Å². The van der Waals surface area contributed by atoms with Crippen LogP contribution in [0.15, 0.2) is 24.3 Å². The molecule has 12 heavy (non-hydrogen) atoms. The largest absolute Gasteiger partial charge is 0.508 e. The van der Waals surface area contributed by atoms with Gasteiger partial charge in [0.15, 0.2) is 0 Å². The molecule has 0 aliphatic heterocycles. The summed E-state index contributed by atoms with van der Waals surface area (Å²) in [5, 5.41) is 9.18. The normalized spacial score (nSPS) is 12.8. The number of hydrogen-bond donors (Lipinski definition) is 2. The number of rotatable bonds is 3. The van der Waals surface area contributed by atoms with Gasteiger partial charge in [0.05, 0.1) is 0 Å². The molecule has 1 rings (SSSR count). The molecule has 1 nitrogen and oxygen atoms in total. The van der Waals surface area contributed by atoms with Crippen molar-refractivity contribution in [2.45, 2.75) is 13.3 Å². The van der Waals surface area contributed by atoms with E-state index in [1.807, 2.05) is 12.1 Å². The third-order valence-electron chi connectivity index (χ3n) is 1.81. The minimum absolute atomic E-state index is 0.346. The van der Waals surface area contributed by atoms with Crippen molar-refractivity contribution in [2.24, 2.45) is 5.92 Å². The number of aromatic hydroxyl groups is 1. The van der Waals surface area contributed by atoms with Crippen molar-refractivity contribution in [3.05, 3.63) is 29.8 Å². The molecule has 0 aliphatic rings. The van der Waals surface area contributed by atoms with Gasteiger partial charge in [0.2, 0.25) is 0 Å². The molecule has 66 valence electrons. The quantitative estimate of drug-likeness (QED) is 0.688. The van der Waals surface area contributed by atoms with Gasteiger partial charge in [-0.25, -0.2) is 0 Å². The lowest BCUT2D eigenvalue weighted by atomic mass is 10.0. The van der Waals surface area contributed by atoms with E-state index in [4.69, 9.17) is 0 Å². The highest BCUT2D eigenvalue weighted by Crippen LogP contribution is 2.15. The second-order valence-electron chi connectivity index (χ2n) is 3.16. The molecule has 0 spiro atoms. The van der Waals surface area contributed by atoms with E-state index in [0.717, 1.165) is 12.2 Å². The lowest BCUT2D eigenvalue weighted by Gasteiger charge is -2.07. The summed E-state index contributed by atoms with van der Waals surface area (Å²) >= 11 is 4.21. The van der Waals surface area contributed by atoms with Gasteiger partial charge in [0.1, 0.15) is 5.75 Å². The zero-order chi connectivity index (χ0) is 8.97. The van der Waals surface area contributed by atoms with Crippen molar-refractivity contribution in [3.8, 4) is 5.75 Å². The van der Waals surface area contributed by atoms with Gasteiger partial charge in [-0.2, -0.15) is 12.6 Å². The molecular formula is C10H14OS. The highest BCUT2D eigenvalue weighted by molar-refractivity contribution is 7.80. The fourth-order valence-corrected chi connectivity index (χ4v) is 1.28. The maximum absolute atomic E-state index is 9.18. The zero-order valence-corrected chi connectivity index (χ0v) is 8.09. The van der Waals surface area contributed by atoms with Crippen LogP contribution in [0.3, 0.4) is 0 Å². The zero-order valence-electron chi connectivity index (χ0n) is 7.20. The maximum Gasteiger partial charge on any atom is 0.115 e. The van der Waals surface area contributed by atoms with Gasteiger partial charge in [-0.3, -0.25) is 0 Å². The van der Waals surface area contributed by atoms with E-state index in [0.29, 0.717) is 11.7 Å². The Morgan fingerprint density at radius 3 is 2.83 bits per heavy atom. The Labute approximate surface area is 78.8 Å². The first kappa shape index (κ1) is 9.46. The summed E-state index contributed by atoms with van der Waals surface area (Å²) in [4.78, 5) is 0.